The Morgan fingerprint density at radius 2 is 0.592 bits per heavy atom. The van der Waals surface area contributed by atoms with Crippen molar-refractivity contribution in [2.45, 2.75) is 254 Å². The maximum absolute atomic E-state index is 5.60. The summed E-state index contributed by atoms with van der Waals surface area (Å²) in [6, 6.07) is 60.3. The highest BCUT2D eigenvalue weighted by molar-refractivity contribution is 5.79. The number of aryl methyl sites for hydroxylation is 1. The van der Waals surface area contributed by atoms with Crippen LogP contribution >= 0.6 is 0 Å². The van der Waals surface area contributed by atoms with Gasteiger partial charge in [-0.2, -0.15) is 38.5 Å². The molecular formula is C101H150N24. The van der Waals surface area contributed by atoms with E-state index in [4.69, 9.17) is 53.1 Å². The van der Waals surface area contributed by atoms with E-state index in [1.807, 2.05) is 91.4 Å². The highest BCUT2D eigenvalue weighted by Gasteiger charge is 2.25. The molecule has 5 aromatic carbocycles. The van der Waals surface area contributed by atoms with Gasteiger partial charge in [-0.05, 0) is 156 Å². The lowest BCUT2D eigenvalue weighted by Crippen LogP contribution is -2.11. The van der Waals surface area contributed by atoms with Crippen molar-refractivity contribution >= 4 is 69.1 Å². The van der Waals surface area contributed by atoms with E-state index in [0.29, 0.717) is 11.8 Å². The van der Waals surface area contributed by atoms with E-state index < -0.39 is 0 Å². The third kappa shape index (κ3) is 30.9. The Hall–Kier alpha value is -11.2. The van der Waals surface area contributed by atoms with Crippen LogP contribution in [0.2, 0.25) is 0 Å². The largest absolute Gasteiger partial charge is 0.370 e. The molecule has 16 N–H and O–H groups in total. The highest BCUT2D eigenvalue weighted by atomic mass is 15.3. The summed E-state index contributed by atoms with van der Waals surface area (Å²) in [5, 5.41) is 47.0. The number of rotatable bonds is 46. The molecule has 2 aliphatic carbocycles. The van der Waals surface area contributed by atoms with Crippen LogP contribution in [0.4, 0.5) is 46.5 Å². The van der Waals surface area contributed by atoms with Crippen LogP contribution in [0.25, 0.3) is 33.7 Å². The van der Waals surface area contributed by atoms with Crippen molar-refractivity contribution in [2.75, 3.05) is 94.9 Å². The molecule has 0 aliphatic heterocycles. The van der Waals surface area contributed by atoms with Gasteiger partial charge in [0, 0.05) is 98.9 Å². The van der Waals surface area contributed by atoms with Crippen LogP contribution in [-0.4, -0.2) is 111 Å². The van der Waals surface area contributed by atoms with Crippen LogP contribution in [0.5, 0.6) is 0 Å². The van der Waals surface area contributed by atoms with Crippen molar-refractivity contribution in [2.24, 2.45) is 22.9 Å². The third-order valence-electron chi connectivity index (χ3n) is 22.8. The summed E-state index contributed by atoms with van der Waals surface area (Å²) in [5.74, 6) is 8.64. The second-order valence-electron chi connectivity index (χ2n) is 32.1. The average molecular weight is 1700 g/mol. The number of fused-ring (bicyclic) bond motifs is 4. The Morgan fingerprint density at radius 3 is 0.936 bits per heavy atom. The van der Waals surface area contributed by atoms with Crippen molar-refractivity contribution in [1.82, 2.24) is 58.4 Å². The Labute approximate surface area is 746 Å². The van der Waals surface area contributed by atoms with Gasteiger partial charge in [0.25, 0.3) is 0 Å². The molecule has 2 saturated carbocycles. The van der Waals surface area contributed by atoms with E-state index in [1.165, 1.54) is 148 Å². The second-order valence-corrected chi connectivity index (χ2v) is 32.1. The molecule has 2 fully saturated rings. The van der Waals surface area contributed by atoms with Crippen molar-refractivity contribution in [3.63, 3.8) is 0 Å². The summed E-state index contributed by atoms with van der Waals surface area (Å²) >= 11 is 0. The SMILES string of the molecule is C.C.C.C.CCCCc1cnn2c(NCc3ccccc3)cc(NCCCCCCN)nc12.NCCCCCCNc1cc(NCc2ccccc2)n2ncc(-c3ccccc3)c2n1.NCCCCCCNc1cc(NCc2ccccc2)n2ncc(C3CCCC3)c2n1.NCCCCCCNc1cc(NCc2ccccc2)n2ncc(C3CCCCC3)c2n1. The number of benzene rings is 5. The first-order valence-corrected chi connectivity index (χ1v) is 45.3. The third-order valence-corrected chi connectivity index (χ3v) is 22.8. The van der Waals surface area contributed by atoms with Gasteiger partial charge in [0.2, 0.25) is 0 Å². The average Bonchev–Trinajstić information content (AvgIpc) is 1.65. The van der Waals surface area contributed by atoms with Crippen LogP contribution in [0.1, 0.15) is 261 Å². The Morgan fingerprint density at radius 1 is 0.304 bits per heavy atom. The topological polar surface area (TPSA) is 321 Å². The minimum absolute atomic E-state index is 0. The first-order valence-electron chi connectivity index (χ1n) is 45.3. The fraction of sp³-hybridized carbons (Fsp3) is 0.465. The van der Waals surface area contributed by atoms with Gasteiger partial charge in [-0.25, -0.2) is 19.9 Å². The van der Waals surface area contributed by atoms with Crippen LogP contribution in [0.3, 0.4) is 0 Å². The molecule has 0 atom stereocenters. The number of hydrogen-bond donors (Lipinski definition) is 12. The zero-order valence-electron chi connectivity index (χ0n) is 71.7. The van der Waals surface area contributed by atoms with Crippen molar-refractivity contribution in [3.8, 4) is 11.1 Å². The van der Waals surface area contributed by atoms with Crippen LogP contribution in [0, 0.1) is 0 Å². The lowest BCUT2D eigenvalue weighted by Gasteiger charge is -2.20. The van der Waals surface area contributed by atoms with Crippen molar-refractivity contribution < 1.29 is 0 Å². The molecule has 674 valence electrons. The van der Waals surface area contributed by atoms with E-state index in [-0.39, 0.29) is 29.7 Å². The Balaban J connectivity index is 0.000000204. The molecule has 0 spiro atoms. The molecule has 0 saturated heterocycles. The molecular weight excluding hydrogens is 1550 g/mol. The predicted octanol–water partition coefficient (Wildman–Crippen LogP) is 22.3. The molecule has 0 radical (unpaired) electrons. The van der Waals surface area contributed by atoms with Crippen LogP contribution < -0.4 is 65.5 Å². The number of hydrogen-bond acceptors (Lipinski definition) is 20. The van der Waals surface area contributed by atoms with E-state index in [0.717, 1.165) is 229 Å². The molecule has 0 unspecified atom stereocenters. The minimum Gasteiger partial charge on any atom is -0.370 e. The molecule has 13 aromatic rings. The van der Waals surface area contributed by atoms with Gasteiger partial charge in [0.05, 0.1) is 24.8 Å². The minimum atomic E-state index is 0. The monoisotopic (exact) mass is 1700 g/mol. The molecule has 24 nitrogen and oxygen atoms in total. The molecule has 8 heterocycles. The number of nitrogens with zero attached hydrogens (tertiary/aromatic N) is 12. The van der Waals surface area contributed by atoms with Crippen molar-refractivity contribution in [3.05, 3.63) is 240 Å². The van der Waals surface area contributed by atoms with E-state index in [2.05, 4.69) is 187 Å². The fourth-order valence-corrected chi connectivity index (χ4v) is 15.9. The summed E-state index contributed by atoms with van der Waals surface area (Å²) in [5.41, 5.74) is 37.0. The van der Waals surface area contributed by atoms with Gasteiger partial charge < -0.3 is 65.5 Å². The fourth-order valence-electron chi connectivity index (χ4n) is 15.9. The molecule has 2 aliphatic rings. The summed E-state index contributed by atoms with van der Waals surface area (Å²) in [4.78, 5) is 19.7. The number of anilines is 8. The van der Waals surface area contributed by atoms with Crippen LogP contribution in [0.15, 0.2) is 201 Å². The van der Waals surface area contributed by atoms with Crippen molar-refractivity contribution in [1.29, 1.82) is 0 Å². The number of aromatic nitrogens is 12. The first kappa shape index (κ1) is 99.2. The second kappa shape index (κ2) is 55.9. The van der Waals surface area contributed by atoms with E-state index in [9.17, 15) is 0 Å². The summed E-state index contributed by atoms with van der Waals surface area (Å²) in [6.07, 6.45) is 41.2. The number of nitrogens with one attached hydrogen (secondary N) is 8. The zero-order valence-corrected chi connectivity index (χ0v) is 71.7. The molecule has 24 heteroatoms. The standard InChI is InChI=1S/C25H36N6.C25H30N6.C24H34N6.C23H34N6.4CH4/c2*26-15-9-1-2-10-16-27-23-17-24(28-18-20-11-5-3-6-12-20)31-25(30-23)22(19-29-31)21-13-7-4-8-14-21;25-14-8-1-2-9-15-26-22-16-23(27-17-19-10-4-3-5-11-19)30-24(29-22)21(18-28-30)20-12-6-7-13-20;1-2-3-13-20-18-27-29-22(26-17-19-11-7-6-8-12-19)16-21(28-23(20)29)25-15-10-5-4-9-14-24;;;;/h3,5-6,11-12,17,19,21,28H,1-2,4,7-10,13-16,18,26H2,(H,27,30);3-8,11-14,17,19,28H,1-2,9-10,15-16,18,26H2,(H,27,30);3-5,10-11,16,18,20,27H,1-2,6-9,12-15,17,25H2,(H,26,29);6-8,11-12,16,18,26H,2-5,9-10,13-15,17,24H2,1H3,(H,25,28);4*1H4. The van der Waals surface area contributed by atoms with Crippen LogP contribution in [-0.2, 0) is 32.6 Å². The number of nitrogens with two attached hydrogens (primary N) is 4. The molecule has 0 bridgehead atoms. The first-order chi connectivity index (χ1) is 59.9. The lowest BCUT2D eigenvalue weighted by molar-refractivity contribution is 0.445. The van der Waals surface area contributed by atoms with E-state index >= 15 is 0 Å². The van der Waals surface area contributed by atoms with Gasteiger partial charge in [-0.1, -0.05) is 278 Å². The molecule has 8 aromatic heterocycles. The smallest absolute Gasteiger partial charge is 0.167 e. The summed E-state index contributed by atoms with van der Waals surface area (Å²) in [6.45, 7) is 12.0. The maximum atomic E-state index is 5.60. The van der Waals surface area contributed by atoms with E-state index in [1.54, 1.807) is 0 Å². The van der Waals surface area contributed by atoms with Gasteiger partial charge in [-0.15, -0.1) is 0 Å². The van der Waals surface area contributed by atoms with Gasteiger partial charge in [0.15, 0.2) is 22.6 Å². The maximum Gasteiger partial charge on any atom is 0.167 e. The quantitative estimate of drug-likeness (QED) is 0.0158. The van der Waals surface area contributed by atoms with Gasteiger partial charge in [0.1, 0.15) is 46.5 Å². The normalized spacial score (nSPS) is 12.4. The predicted molar refractivity (Wildman–Crippen MR) is 529 cm³/mol. The molecule has 125 heavy (non-hydrogen) atoms. The van der Waals surface area contributed by atoms with Gasteiger partial charge >= 0.3 is 0 Å². The summed E-state index contributed by atoms with van der Waals surface area (Å²) in [7, 11) is 0. The summed E-state index contributed by atoms with van der Waals surface area (Å²) < 4.78 is 7.78. The highest BCUT2D eigenvalue weighted by Crippen LogP contribution is 2.38. The Bertz CT molecular complexity index is 5040. The zero-order chi connectivity index (χ0) is 83.5. The molecule has 0 amide bonds. The number of unbranched alkanes of at least 4 members (excludes halogenated alkanes) is 13. The molecule has 15 rings (SSSR count). The Kier molecular flexibility index (Phi) is 44.4. The lowest BCUT2D eigenvalue weighted by atomic mass is 9.85. The van der Waals surface area contributed by atoms with Gasteiger partial charge in [-0.3, -0.25) is 0 Å².